The zero-order chi connectivity index (χ0) is 15.8. The van der Waals surface area contributed by atoms with Crippen molar-refractivity contribution in [3.8, 4) is 0 Å². The number of halogens is 1. The van der Waals surface area contributed by atoms with Crippen molar-refractivity contribution in [2.75, 3.05) is 18.8 Å². The number of rotatable bonds is 8. The quantitative estimate of drug-likeness (QED) is 0.317. The SMILES string of the molecule is CCNC(=NCCS(=O)(=O)NCc1ccccc1)NC1CC1.I. The van der Waals surface area contributed by atoms with E-state index in [9.17, 15) is 8.42 Å². The number of hydrogen-bond acceptors (Lipinski definition) is 3. The van der Waals surface area contributed by atoms with E-state index in [0.29, 0.717) is 18.5 Å². The van der Waals surface area contributed by atoms with E-state index in [0.717, 1.165) is 24.9 Å². The Balaban J connectivity index is 0.00000264. The summed E-state index contributed by atoms with van der Waals surface area (Å²) in [4.78, 5) is 4.31. The van der Waals surface area contributed by atoms with Crippen LogP contribution in [0.3, 0.4) is 0 Å². The van der Waals surface area contributed by atoms with Crippen LogP contribution in [0.2, 0.25) is 0 Å². The zero-order valence-electron chi connectivity index (χ0n) is 13.3. The Bertz CT molecular complexity index is 589. The zero-order valence-corrected chi connectivity index (χ0v) is 16.4. The van der Waals surface area contributed by atoms with Gasteiger partial charge in [-0.1, -0.05) is 30.3 Å². The Hall–Kier alpha value is -0.870. The van der Waals surface area contributed by atoms with Gasteiger partial charge in [-0.15, -0.1) is 24.0 Å². The number of benzene rings is 1. The summed E-state index contributed by atoms with van der Waals surface area (Å²) in [5, 5.41) is 6.38. The average Bonchev–Trinajstić information content (AvgIpc) is 3.30. The fourth-order valence-corrected chi connectivity index (χ4v) is 2.74. The molecule has 0 amide bonds. The van der Waals surface area contributed by atoms with Gasteiger partial charge in [-0.3, -0.25) is 4.99 Å². The molecular formula is C15H25IN4O2S. The molecule has 1 fully saturated rings. The summed E-state index contributed by atoms with van der Waals surface area (Å²) in [5.41, 5.74) is 0.943. The molecule has 0 bridgehead atoms. The third-order valence-corrected chi connectivity index (χ3v) is 4.54. The smallest absolute Gasteiger partial charge is 0.213 e. The van der Waals surface area contributed by atoms with Crippen molar-refractivity contribution in [1.82, 2.24) is 15.4 Å². The lowest BCUT2D eigenvalue weighted by Gasteiger charge is -2.10. The molecule has 8 heteroatoms. The second-order valence-electron chi connectivity index (χ2n) is 5.30. The third-order valence-electron chi connectivity index (χ3n) is 3.23. The Labute approximate surface area is 155 Å². The maximum absolute atomic E-state index is 12.0. The van der Waals surface area contributed by atoms with Crippen LogP contribution in [-0.4, -0.2) is 39.3 Å². The highest BCUT2D eigenvalue weighted by Gasteiger charge is 2.22. The maximum atomic E-state index is 12.0. The Morgan fingerprint density at radius 3 is 2.57 bits per heavy atom. The molecular weight excluding hydrogens is 427 g/mol. The molecule has 0 saturated heterocycles. The van der Waals surface area contributed by atoms with Gasteiger partial charge < -0.3 is 10.6 Å². The minimum atomic E-state index is -3.32. The van der Waals surface area contributed by atoms with Crippen molar-refractivity contribution in [2.24, 2.45) is 4.99 Å². The van der Waals surface area contributed by atoms with Gasteiger partial charge in [-0.2, -0.15) is 0 Å². The van der Waals surface area contributed by atoms with E-state index in [2.05, 4.69) is 20.3 Å². The number of aliphatic imine (C=N–C) groups is 1. The van der Waals surface area contributed by atoms with Gasteiger partial charge in [0.25, 0.3) is 0 Å². The highest BCUT2D eigenvalue weighted by Crippen LogP contribution is 2.18. The summed E-state index contributed by atoms with van der Waals surface area (Å²) in [6, 6.07) is 9.96. The summed E-state index contributed by atoms with van der Waals surface area (Å²) in [5.74, 6) is 0.685. The van der Waals surface area contributed by atoms with Crippen molar-refractivity contribution in [1.29, 1.82) is 0 Å². The summed E-state index contributed by atoms with van der Waals surface area (Å²) in [6.07, 6.45) is 2.31. The minimum absolute atomic E-state index is 0. The molecule has 0 aromatic heterocycles. The largest absolute Gasteiger partial charge is 0.357 e. The molecule has 1 aliphatic carbocycles. The summed E-state index contributed by atoms with van der Waals surface area (Å²) >= 11 is 0. The molecule has 1 saturated carbocycles. The van der Waals surface area contributed by atoms with Crippen molar-refractivity contribution in [2.45, 2.75) is 32.4 Å². The van der Waals surface area contributed by atoms with E-state index < -0.39 is 10.0 Å². The van der Waals surface area contributed by atoms with E-state index in [1.165, 1.54) is 0 Å². The average molecular weight is 452 g/mol. The number of sulfonamides is 1. The molecule has 0 spiro atoms. The highest BCUT2D eigenvalue weighted by molar-refractivity contribution is 14.0. The highest BCUT2D eigenvalue weighted by atomic mass is 127. The van der Waals surface area contributed by atoms with E-state index in [-0.39, 0.29) is 36.3 Å². The van der Waals surface area contributed by atoms with Crippen molar-refractivity contribution >= 4 is 40.0 Å². The molecule has 2 rings (SSSR count). The number of nitrogens with one attached hydrogen (secondary N) is 3. The topological polar surface area (TPSA) is 82.6 Å². The van der Waals surface area contributed by atoms with Gasteiger partial charge in [-0.25, -0.2) is 13.1 Å². The van der Waals surface area contributed by atoms with Gasteiger partial charge in [-0.05, 0) is 25.3 Å². The molecule has 0 atom stereocenters. The fraction of sp³-hybridized carbons (Fsp3) is 0.533. The third kappa shape index (κ3) is 8.52. The lowest BCUT2D eigenvalue weighted by molar-refractivity contribution is 0.581. The molecule has 23 heavy (non-hydrogen) atoms. The van der Waals surface area contributed by atoms with Gasteiger partial charge in [0, 0.05) is 19.1 Å². The Morgan fingerprint density at radius 2 is 1.96 bits per heavy atom. The second kappa shape index (κ2) is 10.1. The molecule has 0 unspecified atom stereocenters. The molecule has 6 nitrogen and oxygen atoms in total. The number of guanidine groups is 1. The lowest BCUT2D eigenvalue weighted by Crippen LogP contribution is -2.39. The van der Waals surface area contributed by atoms with Crippen LogP contribution in [-0.2, 0) is 16.6 Å². The normalized spacial score (nSPS) is 14.9. The van der Waals surface area contributed by atoms with E-state index in [4.69, 9.17) is 0 Å². The summed E-state index contributed by atoms with van der Waals surface area (Å²) in [6.45, 7) is 3.30. The first-order valence-electron chi connectivity index (χ1n) is 7.65. The fourth-order valence-electron chi connectivity index (χ4n) is 1.88. The summed E-state index contributed by atoms with van der Waals surface area (Å²) < 4.78 is 26.5. The van der Waals surface area contributed by atoms with Crippen LogP contribution in [0.5, 0.6) is 0 Å². The predicted molar refractivity (Wildman–Crippen MR) is 105 cm³/mol. The molecule has 3 N–H and O–H groups in total. The first-order chi connectivity index (χ1) is 10.6. The van der Waals surface area contributed by atoms with Crippen LogP contribution in [0.25, 0.3) is 0 Å². The standard InChI is InChI=1S/C15H24N4O2S.HI/c1-2-16-15(19-14-8-9-14)17-10-11-22(20,21)18-12-13-6-4-3-5-7-13;/h3-7,14,18H,2,8-12H2,1H3,(H2,16,17,19);1H. The molecule has 0 radical (unpaired) electrons. The van der Waals surface area contributed by atoms with Crippen molar-refractivity contribution < 1.29 is 8.42 Å². The summed E-state index contributed by atoms with van der Waals surface area (Å²) in [7, 11) is -3.32. The van der Waals surface area contributed by atoms with E-state index >= 15 is 0 Å². The molecule has 1 aromatic carbocycles. The Kier molecular flexibility index (Phi) is 8.85. The number of hydrogen-bond donors (Lipinski definition) is 3. The molecule has 0 heterocycles. The first-order valence-corrected chi connectivity index (χ1v) is 9.30. The Morgan fingerprint density at radius 1 is 1.26 bits per heavy atom. The van der Waals surface area contributed by atoms with Crippen LogP contribution in [0.15, 0.2) is 35.3 Å². The van der Waals surface area contributed by atoms with Crippen LogP contribution in [0.1, 0.15) is 25.3 Å². The molecule has 1 aliphatic rings. The van der Waals surface area contributed by atoms with Crippen molar-refractivity contribution in [3.05, 3.63) is 35.9 Å². The van der Waals surface area contributed by atoms with E-state index in [1.54, 1.807) is 0 Å². The van der Waals surface area contributed by atoms with Gasteiger partial charge >= 0.3 is 0 Å². The van der Waals surface area contributed by atoms with Gasteiger partial charge in [0.1, 0.15) is 0 Å². The minimum Gasteiger partial charge on any atom is -0.357 e. The second-order valence-corrected chi connectivity index (χ2v) is 7.23. The predicted octanol–water partition coefficient (Wildman–Crippen LogP) is 1.44. The molecule has 0 aliphatic heterocycles. The van der Waals surface area contributed by atoms with Crippen LogP contribution in [0, 0.1) is 0 Å². The van der Waals surface area contributed by atoms with Gasteiger partial charge in [0.05, 0.1) is 12.3 Å². The van der Waals surface area contributed by atoms with E-state index in [1.807, 2.05) is 37.3 Å². The maximum Gasteiger partial charge on any atom is 0.213 e. The van der Waals surface area contributed by atoms with Gasteiger partial charge in [0.2, 0.25) is 10.0 Å². The molecule has 1 aromatic rings. The van der Waals surface area contributed by atoms with Crippen LogP contribution in [0.4, 0.5) is 0 Å². The monoisotopic (exact) mass is 452 g/mol. The number of nitrogens with zero attached hydrogens (tertiary/aromatic N) is 1. The van der Waals surface area contributed by atoms with Crippen molar-refractivity contribution in [3.63, 3.8) is 0 Å². The molecule has 130 valence electrons. The van der Waals surface area contributed by atoms with Crippen LogP contribution < -0.4 is 15.4 Å². The lowest BCUT2D eigenvalue weighted by atomic mass is 10.2. The first kappa shape index (κ1) is 20.2. The van der Waals surface area contributed by atoms with Crippen LogP contribution >= 0.6 is 24.0 Å². The van der Waals surface area contributed by atoms with Gasteiger partial charge in [0.15, 0.2) is 5.96 Å².